The molecule has 3 rings (SSSR count). The van der Waals surface area contributed by atoms with Crippen molar-refractivity contribution in [3.63, 3.8) is 0 Å². The maximum absolute atomic E-state index is 6.11. The third-order valence-electron chi connectivity index (χ3n) is 3.59. The highest BCUT2D eigenvalue weighted by Crippen LogP contribution is 2.33. The molecule has 0 amide bonds. The predicted octanol–water partition coefficient (Wildman–Crippen LogP) is 3.14. The first-order valence-corrected chi connectivity index (χ1v) is 7.01. The summed E-state index contributed by atoms with van der Waals surface area (Å²) in [4.78, 5) is 4.19. The third-order valence-corrected chi connectivity index (χ3v) is 3.59. The molecule has 0 bridgehead atoms. The standard InChI is InChI=1S/C17H18N4O/c1-11-8-12(2)21(20-11)17-9-13(22-3)4-5-14(17)15-10-19-7-6-16(15)18/h4-10H,1-3H3,(H2,18,19). The van der Waals surface area contributed by atoms with E-state index in [1.807, 2.05) is 42.8 Å². The summed E-state index contributed by atoms with van der Waals surface area (Å²) in [6.07, 6.45) is 3.46. The van der Waals surface area contributed by atoms with Gasteiger partial charge < -0.3 is 10.5 Å². The Hall–Kier alpha value is -2.82. The average Bonchev–Trinajstić information content (AvgIpc) is 2.86. The maximum Gasteiger partial charge on any atom is 0.121 e. The smallest absolute Gasteiger partial charge is 0.121 e. The van der Waals surface area contributed by atoms with Crippen molar-refractivity contribution in [2.24, 2.45) is 0 Å². The SMILES string of the molecule is COc1ccc(-c2cnccc2N)c(-n2nc(C)cc2C)c1. The van der Waals surface area contributed by atoms with E-state index in [1.54, 1.807) is 25.6 Å². The van der Waals surface area contributed by atoms with Crippen LogP contribution in [0.3, 0.4) is 0 Å². The van der Waals surface area contributed by atoms with E-state index >= 15 is 0 Å². The molecular formula is C17H18N4O. The normalized spacial score (nSPS) is 10.7. The Bertz CT molecular complexity index is 823. The molecular weight excluding hydrogens is 276 g/mol. The van der Waals surface area contributed by atoms with Crippen molar-refractivity contribution in [2.75, 3.05) is 12.8 Å². The van der Waals surface area contributed by atoms with Gasteiger partial charge >= 0.3 is 0 Å². The lowest BCUT2D eigenvalue weighted by Crippen LogP contribution is -2.03. The molecule has 22 heavy (non-hydrogen) atoms. The number of hydrogen-bond donors (Lipinski definition) is 1. The quantitative estimate of drug-likeness (QED) is 0.806. The van der Waals surface area contributed by atoms with E-state index in [0.29, 0.717) is 5.69 Å². The summed E-state index contributed by atoms with van der Waals surface area (Å²) in [5, 5.41) is 4.57. The fourth-order valence-electron chi connectivity index (χ4n) is 2.54. The number of hydrogen-bond acceptors (Lipinski definition) is 4. The van der Waals surface area contributed by atoms with Gasteiger partial charge in [0.2, 0.25) is 0 Å². The number of aryl methyl sites for hydroxylation is 2. The molecule has 0 atom stereocenters. The molecule has 0 radical (unpaired) electrons. The van der Waals surface area contributed by atoms with Crippen molar-refractivity contribution < 1.29 is 4.74 Å². The molecule has 112 valence electrons. The van der Waals surface area contributed by atoms with E-state index in [1.165, 1.54) is 0 Å². The van der Waals surface area contributed by atoms with Crippen LogP contribution in [0.1, 0.15) is 11.4 Å². The Labute approximate surface area is 129 Å². The summed E-state index contributed by atoms with van der Waals surface area (Å²) < 4.78 is 7.26. The van der Waals surface area contributed by atoms with Crippen molar-refractivity contribution in [3.8, 4) is 22.6 Å². The molecule has 2 N–H and O–H groups in total. The summed E-state index contributed by atoms with van der Waals surface area (Å²) in [6.45, 7) is 4.00. The van der Waals surface area contributed by atoms with Crippen LogP contribution in [-0.4, -0.2) is 21.9 Å². The summed E-state index contributed by atoms with van der Waals surface area (Å²) in [7, 11) is 1.65. The molecule has 1 aromatic carbocycles. The Morgan fingerprint density at radius 2 is 1.91 bits per heavy atom. The number of anilines is 1. The fraction of sp³-hybridized carbons (Fsp3) is 0.176. The van der Waals surface area contributed by atoms with Crippen molar-refractivity contribution in [1.82, 2.24) is 14.8 Å². The highest BCUT2D eigenvalue weighted by molar-refractivity contribution is 5.81. The highest BCUT2D eigenvalue weighted by Gasteiger charge is 2.14. The van der Waals surface area contributed by atoms with Gasteiger partial charge in [0.1, 0.15) is 5.75 Å². The van der Waals surface area contributed by atoms with Gasteiger partial charge in [-0.1, -0.05) is 0 Å². The van der Waals surface area contributed by atoms with Gasteiger partial charge in [0.15, 0.2) is 0 Å². The lowest BCUT2D eigenvalue weighted by Gasteiger charge is -2.14. The summed E-state index contributed by atoms with van der Waals surface area (Å²) in [6, 6.07) is 9.69. The number of nitrogens with zero attached hydrogens (tertiary/aromatic N) is 3. The molecule has 0 saturated heterocycles. The second-order valence-corrected chi connectivity index (χ2v) is 5.18. The first kappa shape index (κ1) is 14.1. The van der Waals surface area contributed by atoms with Crippen molar-refractivity contribution in [2.45, 2.75) is 13.8 Å². The van der Waals surface area contributed by atoms with E-state index in [0.717, 1.165) is 34.0 Å². The number of benzene rings is 1. The van der Waals surface area contributed by atoms with Crippen molar-refractivity contribution in [1.29, 1.82) is 0 Å². The second-order valence-electron chi connectivity index (χ2n) is 5.18. The molecule has 0 aliphatic heterocycles. The zero-order chi connectivity index (χ0) is 15.7. The van der Waals surface area contributed by atoms with E-state index in [9.17, 15) is 0 Å². The van der Waals surface area contributed by atoms with Crippen LogP contribution in [0, 0.1) is 13.8 Å². The monoisotopic (exact) mass is 294 g/mol. The molecule has 0 saturated carbocycles. The number of aromatic nitrogens is 3. The number of rotatable bonds is 3. The van der Waals surface area contributed by atoms with Gasteiger partial charge in [0.05, 0.1) is 18.5 Å². The summed E-state index contributed by atoms with van der Waals surface area (Å²) in [5.74, 6) is 0.772. The summed E-state index contributed by atoms with van der Waals surface area (Å²) >= 11 is 0. The average molecular weight is 294 g/mol. The maximum atomic E-state index is 6.11. The lowest BCUT2D eigenvalue weighted by atomic mass is 10.0. The van der Waals surface area contributed by atoms with E-state index < -0.39 is 0 Å². The van der Waals surface area contributed by atoms with Crippen LogP contribution in [0.5, 0.6) is 5.75 Å². The van der Waals surface area contributed by atoms with Crippen molar-refractivity contribution >= 4 is 5.69 Å². The number of nitrogens with two attached hydrogens (primary N) is 1. The molecule has 3 aromatic rings. The van der Waals surface area contributed by atoms with Gasteiger partial charge in [-0.2, -0.15) is 5.10 Å². The van der Waals surface area contributed by atoms with Gasteiger partial charge in [-0.3, -0.25) is 4.98 Å². The molecule has 2 aromatic heterocycles. The zero-order valence-electron chi connectivity index (χ0n) is 12.9. The lowest BCUT2D eigenvalue weighted by molar-refractivity contribution is 0.414. The molecule has 5 heteroatoms. The molecule has 0 unspecified atom stereocenters. The predicted molar refractivity (Wildman–Crippen MR) is 87.2 cm³/mol. The van der Waals surface area contributed by atoms with Crippen LogP contribution in [0.2, 0.25) is 0 Å². The molecule has 0 aliphatic carbocycles. The minimum absolute atomic E-state index is 0.683. The zero-order valence-corrected chi connectivity index (χ0v) is 12.9. The number of methoxy groups -OCH3 is 1. The molecule has 0 fully saturated rings. The topological polar surface area (TPSA) is 66.0 Å². The Morgan fingerprint density at radius 1 is 1.09 bits per heavy atom. The van der Waals surface area contributed by atoms with Gasteiger partial charge in [0, 0.05) is 41.0 Å². The highest BCUT2D eigenvalue weighted by atomic mass is 16.5. The molecule has 0 aliphatic rings. The largest absolute Gasteiger partial charge is 0.497 e. The van der Waals surface area contributed by atoms with E-state index in [-0.39, 0.29) is 0 Å². The molecule has 2 heterocycles. The molecule has 0 spiro atoms. The third kappa shape index (κ3) is 2.41. The second kappa shape index (κ2) is 5.52. The number of ether oxygens (including phenoxy) is 1. The Morgan fingerprint density at radius 3 is 2.55 bits per heavy atom. The van der Waals surface area contributed by atoms with Crippen LogP contribution in [0.25, 0.3) is 16.8 Å². The van der Waals surface area contributed by atoms with Gasteiger partial charge in [0.25, 0.3) is 0 Å². The van der Waals surface area contributed by atoms with Crippen LogP contribution in [-0.2, 0) is 0 Å². The van der Waals surface area contributed by atoms with E-state index in [2.05, 4.69) is 10.1 Å². The minimum atomic E-state index is 0.683. The van der Waals surface area contributed by atoms with Crippen molar-refractivity contribution in [3.05, 3.63) is 54.1 Å². The Kier molecular flexibility index (Phi) is 3.55. The number of pyridine rings is 1. The summed E-state index contributed by atoms with van der Waals surface area (Å²) in [5.41, 5.74) is 11.6. The fourth-order valence-corrected chi connectivity index (χ4v) is 2.54. The minimum Gasteiger partial charge on any atom is -0.497 e. The van der Waals surface area contributed by atoms with Crippen LogP contribution in [0.15, 0.2) is 42.7 Å². The number of nitrogen functional groups attached to an aromatic ring is 1. The molecule has 5 nitrogen and oxygen atoms in total. The van der Waals surface area contributed by atoms with Crippen LogP contribution >= 0.6 is 0 Å². The first-order chi connectivity index (χ1) is 10.6. The van der Waals surface area contributed by atoms with E-state index in [4.69, 9.17) is 10.5 Å². The van der Waals surface area contributed by atoms with Crippen LogP contribution < -0.4 is 10.5 Å². The van der Waals surface area contributed by atoms with Gasteiger partial charge in [-0.15, -0.1) is 0 Å². The van der Waals surface area contributed by atoms with Crippen LogP contribution in [0.4, 0.5) is 5.69 Å². The van der Waals surface area contributed by atoms with Gasteiger partial charge in [-0.25, -0.2) is 4.68 Å². The van der Waals surface area contributed by atoms with Gasteiger partial charge in [-0.05, 0) is 38.1 Å². The Balaban J connectivity index is 2.27. The first-order valence-electron chi connectivity index (χ1n) is 7.01.